The third kappa shape index (κ3) is 4.26. The predicted octanol–water partition coefficient (Wildman–Crippen LogP) is 3.58. The number of ether oxygens (including phenoxy) is 2. The molecule has 5 rings (SSSR count). The molecule has 0 radical (unpaired) electrons. The van der Waals surface area contributed by atoms with Crippen molar-refractivity contribution < 1.29 is 19.1 Å². The van der Waals surface area contributed by atoms with Gasteiger partial charge in [-0.25, -0.2) is 15.6 Å². The van der Waals surface area contributed by atoms with Gasteiger partial charge in [0.2, 0.25) is 5.91 Å². The number of hydrogen-bond acceptors (Lipinski definition) is 7. The third-order valence-corrected chi connectivity index (χ3v) is 6.51. The van der Waals surface area contributed by atoms with E-state index in [9.17, 15) is 9.59 Å². The summed E-state index contributed by atoms with van der Waals surface area (Å²) < 4.78 is 10.7. The Morgan fingerprint density at radius 1 is 0.943 bits per heavy atom. The zero-order valence-electron chi connectivity index (χ0n) is 19.7. The zero-order valence-corrected chi connectivity index (χ0v) is 19.7. The topological polar surface area (TPSA) is 92.8 Å². The average molecular weight is 473 g/mol. The second-order valence-corrected chi connectivity index (χ2v) is 8.50. The average Bonchev–Trinajstić information content (AvgIpc) is 3.44. The van der Waals surface area contributed by atoms with Crippen LogP contribution in [0.1, 0.15) is 47.5 Å². The number of carbonyl (C=O) groups is 2. The number of hydrazine groups is 1. The summed E-state index contributed by atoms with van der Waals surface area (Å²) in [7, 11) is 0. The van der Waals surface area contributed by atoms with E-state index < -0.39 is 6.04 Å². The van der Waals surface area contributed by atoms with Crippen LogP contribution < -0.4 is 20.5 Å². The number of nitrogens with one attached hydrogen (secondary N) is 2. The van der Waals surface area contributed by atoms with Crippen LogP contribution in [0.15, 0.2) is 72.9 Å². The first-order chi connectivity index (χ1) is 17.1. The number of fused-ring (bicyclic) bond motifs is 1. The van der Waals surface area contributed by atoms with E-state index in [1.165, 1.54) is 0 Å². The number of nitrogens with zero attached hydrogens (tertiary/aromatic N) is 2. The molecule has 8 heteroatoms. The van der Waals surface area contributed by atoms with Gasteiger partial charge in [0.15, 0.2) is 0 Å². The van der Waals surface area contributed by atoms with Crippen molar-refractivity contribution in [3.05, 3.63) is 89.7 Å². The molecule has 0 spiro atoms. The summed E-state index contributed by atoms with van der Waals surface area (Å²) in [6.45, 7) is 4.64. The first-order valence-corrected chi connectivity index (χ1v) is 11.9. The normalized spacial score (nSPS) is 23.3. The van der Waals surface area contributed by atoms with Gasteiger partial charge in [0.05, 0.1) is 36.6 Å². The lowest BCUT2D eigenvalue weighted by Gasteiger charge is -2.30. The molecule has 4 atom stereocenters. The minimum atomic E-state index is -0.427. The van der Waals surface area contributed by atoms with Gasteiger partial charge >= 0.3 is 5.97 Å². The maximum absolute atomic E-state index is 13.7. The van der Waals surface area contributed by atoms with Gasteiger partial charge in [-0.3, -0.25) is 9.78 Å². The molecule has 0 bridgehead atoms. The van der Waals surface area contributed by atoms with E-state index in [1.54, 1.807) is 42.3 Å². The van der Waals surface area contributed by atoms with Crippen molar-refractivity contribution in [3.63, 3.8) is 0 Å². The zero-order chi connectivity index (χ0) is 24.4. The van der Waals surface area contributed by atoms with E-state index in [0.29, 0.717) is 24.5 Å². The second-order valence-electron chi connectivity index (χ2n) is 8.50. The summed E-state index contributed by atoms with van der Waals surface area (Å²) in [6.07, 6.45) is 1.75. The van der Waals surface area contributed by atoms with Gasteiger partial charge in [0.25, 0.3) is 0 Å². The van der Waals surface area contributed by atoms with Crippen LogP contribution in [0.5, 0.6) is 5.75 Å². The Labute approximate surface area is 204 Å². The molecule has 3 aromatic rings. The Bertz CT molecular complexity index is 1180. The molecule has 0 saturated carbocycles. The number of rotatable bonds is 7. The fourth-order valence-electron chi connectivity index (χ4n) is 5.00. The van der Waals surface area contributed by atoms with Gasteiger partial charge in [-0.1, -0.05) is 18.2 Å². The molecule has 2 aliphatic rings. The van der Waals surface area contributed by atoms with Crippen molar-refractivity contribution in [3.8, 4) is 5.75 Å². The van der Waals surface area contributed by atoms with Gasteiger partial charge < -0.3 is 14.4 Å². The summed E-state index contributed by atoms with van der Waals surface area (Å²) in [5, 5.41) is 0. The number of benzene rings is 2. The first kappa shape index (κ1) is 23.0. The van der Waals surface area contributed by atoms with E-state index in [4.69, 9.17) is 9.47 Å². The smallest absolute Gasteiger partial charge is 0.338 e. The van der Waals surface area contributed by atoms with Crippen LogP contribution in [0.4, 0.5) is 5.69 Å². The first-order valence-electron chi connectivity index (χ1n) is 11.9. The maximum atomic E-state index is 13.7. The molecular weight excluding hydrogens is 444 g/mol. The van der Waals surface area contributed by atoms with Crippen LogP contribution in [-0.4, -0.2) is 36.1 Å². The SMILES string of the molecule is CCOC(=O)c1ccc(N2C(=O)C3NNC(c4ccc(OCC)cc4)C3C2c2ccccn2)cc1. The van der Waals surface area contributed by atoms with Gasteiger partial charge in [-0.2, -0.15) is 0 Å². The fraction of sp³-hybridized carbons (Fsp3) is 0.296. The number of pyridine rings is 1. The molecule has 1 amide bonds. The molecule has 3 heterocycles. The lowest BCUT2D eigenvalue weighted by atomic mass is 9.85. The van der Waals surface area contributed by atoms with E-state index in [2.05, 4.69) is 15.8 Å². The minimum absolute atomic E-state index is 0.0459. The van der Waals surface area contributed by atoms with Crippen LogP contribution in [0, 0.1) is 5.92 Å². The summed E-state index contributed by atoms with van der Waals surface area (Å²) in [5.74, 6) is 0.271. The Hall–Kier alpha value is -3.75. The third-order valence-electron chi connectivity index (χ3n) is 6.51. The van der Waals surface area contributed by atoms with Crippen molar-refractivity contribution in [2.75, 3.05) is 18.1 Å². The molecule has 2 saturated heterocycles. The van der Waals surface area contributed by atoms with Crippen LogP contribution in [0.25, 0.3) is 0 Å². The molecule has 8 nitrogen and oxygen atoms in total. The van der Waals surface area contributed by atoms with Gasteiger partial charge in [-0.15, -0.1) is 0 Å². The lowest BCUT2D eigenvalue weighted by molar-refractivity contribution is -0.119. The maximum Gasteiger partial charge on any atom is 0.338 e. The Morgan fingerprint density at radius 2 is 1.69 bits per heavy atom. The molecule has 2 fully saturated rings. The molecule has 1 aromatic heterocycles. The number of carbonyl (C=O) groups excluding carboxylic acids is 2. The number of amides is 1. The van der Waals surface area contributed by atoms with Crippen molar-refractivity contribution in [2.45, 2.75) is 32.0 Å². The number of esters is 1. The molecule has 4 unspecified atom stereocenters. The highest BCUT2D eigenvalue weighted by atomic mass is 16.5. The van der Waals surface area contributed by atoms with E-state index in [1.807, 2.05) is 49.4 Å². The van der Waals surface area contributed by atoms with Crippen molar-refractivity contribution in [1.82, 2.24) is 15.8 Å². The van der Waals surface area contributed by atoms with Crippen molar-refractivity contribution in [2.24, 2.45) is 5.92 Å². The predicted molar refractivity (Wildman–Crippen MR) is 131 cm³/mol. The van der Waals surface area contributed by atoms with E-state index in [0.717, 1.165) is 17.0 Å². The molecule has 180 valence electrons. The summed E-state index contributed by atoms with van der Waals surface area (Å²) in [4.78, 5) is 32.2. The standard InChI is InChI=1S/C27H28N4O4/c1-3-34-20-14-10-17(11-15-20)23-22-24(30-29-23)26(32)31(25(22)21-7-5-6-16-28-21)19-12-8-18(9-13-19)27(33)35-4-2/h5-16,22-25,29-30H,3-4H2,1-2H3. The van der Waals surface area contributed by atoms with Crippen LogP contribution in [0.2, 0.25) is 0 Å². The minimum Gasteiger partial charge on any atom is -0.494 e. The highest BCUT2D eigenvalue weighted by Crippen LogP contribution is 2.48. The highest BCUT2D eigenvalue weighted by Gasteiger charge is 2.56. The number of aromatic nitrogens is 1. The molecule has 0 aliphatic carbocycles. The monoisotopic (exact) mass is 472 g/mol. The Balaban J connectivity index is 1.51. The van der Waals surface area contributed by atoms with Crippen LogP contribution >= 0.6 is 0 Å². The van der Waals surface area contributed by atoms with Crippen LogP contribution in [-0.2, 0) is 9.53 Å². The highest BCUT2D eigenvalue weighted by molar-refractivity contribution is 6.01. The lowest BCUT2D eigenvalue weighted by Crippen LogP contribution is -2.41. The molecule has 35 heavy (non-hydrogen) atoms. The Kier molecular flexibility index (Phi) is 6.48. The molecule has 2 aromatic carbocycles. The Morgan fingerprint density at radius 3 is 2.34 bits per heavy atom. The van der Waals surface area contributed by atoms with Crippen molar-refractivity contribution in [1.29, 1.82) is 0 Å². The number of hydrogen-bond donors (Lipinski definition) is 2. The van der Waals surface area contributed by atoms with Crippen LogP contribution in [0.3, 0.4) is 0 Å². The van der Waals surface area contributed by atoms with Gasteiger partial charge in [-0.05, 0) is 67.9 Å². The summed E-state index contributed by atoms with van der Waals surface area (Å²) >= 11 is 0. The van der Waals surface area contributed by atoms with Gasteiger partial charge in [0.1, 0.15) is 11.8 Å². The van der Waals surface area contributed by atoms with E-state index in [-0.39, 0.29) is 29.9 Å². The summed E-state index contributed by atoms with van der Waals surface area (Å²) in [6, 6.07) is 19.8. The second kappa shape index (κ2) is 9.85. The van der Waals surface area contributed by atoms with Gasteiger partial charge in [0, 0.05) is 17.8 Å². The van der Waals surface area contributed by atoms with Crippen molar-refractivity contribution >= 4 is 17.6 Å². The molecule has 2 N–H and O–H groups in total. The number of anilines is 1. The largest absolute Gasteiger partial charge is 0.494 e. The van der Waals surface area contributed by atoms with E-state index >= 15 is 0 Å². The molecule has 2 aliphatic heterocycles. The molecular formula is C27H28N4O4. The summed E-state index contributed by atoms with van der Waals surface area (Å²) in [5.41, 5.74) is 9.59. The fourth-order valence-corrected chi connectivity index (χ4v) is 5.00. The quantitative estimate of drug-likeness (QED) is 0.508.